The lowest BCUT2D eigenvalue weighted by Gasteiger charge is -2.07. The Kier molecular flexibility index (Phi) is 1.59. The van der Waals surface area contributed by atoms with Gasteiger partial charge in [-0.05, 0) is 63.0 Å². The molecule has 92 valence electrons. The standard InChI is InChI=1S/C18H13I/c19-18-12-16(14-7-3-1-4-8-14)11-17(13-18)15-9-5-2-6-10-15/h1-13H/i1D,2D,3D,4D,5D,6D,7D,8D,9D,10D. The van der Waals surface area contributed by atoms with Crippen molar-refractivity contribution in [3.05, 3.63) is 82.2 Å². The molecule has 1 heteroatoms. The molecule has 0 aliphatic rings. The highest BCUT2D eigenvalue weighted by Crippen LogP contribution is 2.28. The quantitative estimate of drug-likeness (QED) is 0.516. The summed E-state index contributed by atoms with van der Waals surface area (Å²) in [6.07, 6.45) is 0. The van der Waals surface area contributed by atoms with Crippen LogP contribution in [-0.2, 0) is 0 Å². The second-order valence-corrected chi connectivity index (χ2v) is 4.97. The largest absolute Gasteiger partial charge is 0.0629 e. The molecular formula is C18H13I. The Labute approximate surface area is 141 Å². The van der Waals surface area contributed by atoms with Gasteiger partial charge < -0.3 is 0 Å². The molecule has 0 aliphatic carbocycles. The van der Waals surface area contributed by atoms with Gasteiger partial charge in [-0.1, -0.05) is 60.4 Å². The fourth-order valence-corrected chi connectivity index (χ4v) is 2.34. The summed E-state index contributed by atoms with van der Waals surface area (Å²) in [5, 5.41) is 0. The third-order valence-corrected chi connectivity index (χ3v) is 3.10. The molecule has 3 aromatic carbocycles. The van der Waals surface area contributed by atoms with E-state index in [1.807, 2.05) is 22.6 Å². The molecule has 0 amide bonds. The molecule has 3 aromatic rings. The third kappa shape index (κ3) is 2.87. The van der Waals surface area contributed by atoms with Crippen LogP contribution in [0.1, 0.15) is 13.7 Å². The number of benzene rings is 3. The predicted octanol–water partition coefficient (Wildman–Crippen LogP) is 5.63. The zero-order chi connectivity index (χ0) is 21.8. The van der Waals surface area contributed by atoms with Crippen LogP contribution in [0.2, 0.25) is 0 Å². The molecule has 0 N–H and O–H groups in total. The molecule has 0 spiro atoms. The smallest absolute Gasteiger partial charge is 0.0622 e. The van der Waals surface area contributed by atoms with E-state index in [4.69, 9.17) is 13.7 Å². The van der Waals surface area contributed by atoms with Gasteiger partial charge in [0.05, 0.1) is 13.7 Å². The molecule has 0 heterocycles. The minimum absolute atomic E-state index is 0.0110. The molecule has 3 rings (SSSR count). The molecule has 0 atom stereocenters. The topological polar surface area (TPSA) is 0 Å². The zero-order valence-corrected chi connectivity index (χ0v) is 11.8. The van der Waals surface area contributed by atoms with E-state index in [0.29, 0.717) is 14.7 Å². The Hall–Kier alpha value is -1.61. The van der Waals surface area contributed by atoms with Crippen molar-refractivity contribution in [3.63, 3.8) is 0 Å². The van der Waals surface area contributed by atoms with Crippen molar-refractivity contribution in [1.82, 2.24) is 0 Å². The number of hydrogen-bond donors (Lipinski definition) is 0. The molecule has 0 saturated carbocycles. The van der Waals surface area contributed by atoms with Gasteiger partial charge >= 0.3 is 0 Å². The van der Waals surface area contributed by atoms with Crippen LogP contribution in [0, 0.1) is 3.57 Å². The van der Waals surface area contributed by atoms with Crippen LogP contribution in [0.4, 0.5) is 0 Å². The van der Waals surface area contributed by atoms with Crippen LogP contribution in [0.25, 0.3) is 22.3 Å². The average molecular weight is 366 g/mol. The lowest BCUT2D eigenvalue weighted by molar-refractivity contribution is 1.56. The molecule has 0 nitrogen and oxygen atoms in total. The maximum absolute atomic E-state index is 8.17. The second kappa shape index (κ2) is 5.57. The zero-order valence-electron chi connectivity index (χ0n) is 19.6. The molecule has 0 bridgehead atoms. The minimum Gasteiger partial charge on any atom is -0.0622 e. The van der Waals surface area contributed by atoms with E-state index in [9.17, 15) is 0 Å². The predicted molar refractivity (Wildman–Crippen MR) is 90.0 cm³/mol. The minimum atomic E-state index is -0.500. The maximum atomic E-state index is 8.17. The van der Waals surface area contributed by atoms with E-state index in [1.54, 1.807) is 12.1 Å². The van der Waals surface area contributed by atoms with Crippen LogP contribution in [0.3, 0.4) is 0 Å². The number of hydrogen-bond acceptors (Lipinski definition) is 0. The Morgan fingerprint density at radius 1 is 0.579 bits per heavy atom. The Morgan fingerprint density at radius 2 is 1.00 bits per heavy atom. The first kappa shape index (κ1) is 5.41. The van der Waals surface area contributed by atoms with Crippen LogP contribution < -0.4 is 0 Å². The van der Waals surface area contributed by atoms with Gasteiger partial charge in [-0.3, -0.25) is 0 Å². The fourth-order valence-electron chi connectivity index (χ4n) is 1.67. The molecule has 0 unspecified atom stereocenters. The van der Waals surface area contributed by atoms with Crippen LogP contribution in [-0.4, -0.2) is 0 Å². The monoisotopic (exact) mass is 366 g/mol. The lowest BCUT2D eigenvalue weighted by Crippen LogP contribution is -1.83. The van der Waals surface area contributed by atoms with Gasteiger partial charge in [0, 0.05) is 3.57 Å². The highest BCUT2D eigenvalue weighted by molar-refractivity contribution is 14.1. The molecule has 19 heavy (non-hydrogen) atoms. The first-order valence-corrected chi connectivity index (χ1v) is 6.50. The summed E-state index contributed by atoms with van der Waals surface area (Å²) < 4.78 is 80.2. The van der Waals surface area contributed by atoms with E-state index in [-0.39, 0.29) is 35.3 Å². The molecule has 0 saturated heterocycles. The van der Waals surface area contributed by atoms with Crippen molar-refractivity contribution < 1.29 is 13.7 Å². The summed E-state index contributed by atoms with van der Waals surface area (Å²) in [5.41, 5.74) is 0.581. The normalized spacial score (nSPS) is 17.7. The Balaban J connectivity index is 2.37. The van der Waals surface area contributed by atoms with Crippen molar-refractivity contribution >= 4 is 22.6 Å². The summed E-state index contributed by atoms with van der Waals surface area (Å²) in [6, 6.07) is 0.359. The Bertz CT molecular complexity index is 1030. The van der Waals surface area contributed by atoms with E-state index >= 15 is 0 Å². The van der Waals surface area contributed by atoms with E-state index in [1.165, 1.54) is 6.07 Å². The van der Waals surface area contributed by atoms with Crippen molar-refractivity contribution in [2.75, 3.05) is 0 Å². The molecule has 0 aromatic heterocycles. The lowest BCUT2D eigenvalue weighted by atomic mass is 9.99. The molecule has 0 fully saturated rings. The van der Waals surface area contributed by atoms with Gasteiger partial charge in [-0.15, -0.1) is 0 Å². The van der Waals surface area contributed by atoms with Gasteiger partial charge in [-0.2, -0.15) is 0 Å². The van der Waals surface area contributed by atoms with E-state index < -0.39 is 36.3 Å². The first-order valence-electron chi connectivity index (χ1n) is 10.4. The number of rotatable bonds is 2. The highest BCUT2D eigenvalue weighted by Gasteiger charge is 2.03. The average Bonchev–Trinajstić information content (AvgIpc) is 2.67. The van der Waals surface area contributed by atoms with Crippen molar-refractivity contribution in [2.45, 2.75) is 0 Å². The summed E-state index contributed by atoms with van der Waals surface area (Å²) >= 11 is 1.97. The summed E-state index contributed by atoms with van der Waals surface area (Å²) in [7, 11) is 0. The van der Waals surface area contributed by atoms with E-state index in [2.05, 4.69) is 0 Å². The van der Waals surface area contributed by atoms with Crippen molar-refractivity contribution in [3.8, 4) is 22.3 Å². The van der Waals surface area contributed by atoms with Crippen LogP contribution >= 0.6 is 22.6 Å². The fraction of sp³-hybridized carbons (Fsp3) is 0. The Morgan fingerprint density at radius 3 is 1.42 bits per heavy atom. The van der Waals surface area contributed by atoms with Gasteiger partial charge in [0.15, 0.2) is 0 Å². The van der Waals surface area contributed by atoms with Crippen molar-refractivity contribution in [2.24, 2.45) is 0 Å². The third-order valence-electron chi connectivity index (χ3n) is 2.48. The molecular weight excluding hydrogens is 343 g/mol. The van der Waals surface area contributed by atoms with Gasteiger partial charge in [0.1, 0.15) is 0 Å². The highest BCUT2D eigenvalue weighted by atomic mass is 127. The van der Waals surface area contributed by atoms with Crippen molar-refractivity contribution in [1.29, 1.82) is 0 Å². The van der Waals surface area contributed by atoms with Crippen LogP contribution in [0.15, 0.2) is 78.6 Å². The van der Waals surface area contributed by atoms with Crippen LogP contribution in [0.5, 0.6) is 0 Å². The number of halogens is 1. The SMILES string of the molecule is [2H]c1c([2H])c([2H])c(-c2cc(I)cc(-c3c([2H])c([2H])c([2H])c([2H])c3[2H])c2)c([2H])c1[2H]. The van der Waals surface area contributed by atoms with Gasteiger partial charge in [0.2, 0.25) is 0 Å². The maximum Gasteiger partial charge on any atom is 0.0629 e. The molecule has 0 radical (unpaired) electrons. The van der Waals surface area contributed by atoms with E-state index in [0.717, 1.165) is 0 Å². The molecule has 0 aliphatic heterocycles. The second-order valence-electron chi connectivity index (χ2n) is 3.73. The summed E-state index contributed by atoms with van der Waals surface area (Å²) in [5.74, 6) is 0. The first-order chi connectivity index (χ1) is 13.5. The summed E-state index contributed by atoms with van der Waals surface area (Å²) in [4.78, 5) is 0. The summed E-state index contributed by atoms with van der Waals surface area (Å²) in [6.45, 7) is 0. The van der Waals surface area contributed by atoms with Gasteiger partial charge in [0.25, 0.3) is 0 Å². The van der Waals surface area contributed by atoms with Gasteiger partial charge in [-0.25, -0.2) is 0 Å².